The van der Waals surface area contributed by atoms with E-state index < -0.39 is 5.91 Å². The maximum absolute atomic E-state index is 12.7. The zero-order valence-electron chi connectivity index (χ0n) is 16.7. The first kappa shape index (κ1) is 20.6. The van der Waals surface area contributed by atoms with Crippen molar-refractivity contribution in [3.63, 3.8) is 0 Å². The number of hydrogen-bond acceptors (Lipinski definition) is 4. The van der Waals surface area contributed by atoms with Gasteiger partial charge in [-0.25, -0.2) is 0 Å². The lowest BCUT2D eigenvalue weighted by molar-refractivity contribution is -0.114. The minimum atomic E-state index is -0.528. The topological polar surface area (TPSA) is 91.2 Å². The van der Waals surface area contributed by atoms with Crippen LogP contribution in [-0.2, 0) is 9.59 Å². The van der Waals surface area contributed by atoms with E-state index in [0.29, 0.717) is 29.3 Å². The van der Waals surface area contributed by atoms with E-state index in [0.717, 1.165) is 10.8 Å². The van der Waals surface area contributed by atoms with Crippen LogP contribution in [0.15, 0.2) is 66.2 Å². The van der Waals surface area contributed by atoms with Gasteiger partial charge in [-0.05, 0) is 54.1 Å². The molecule has 0 heterocycles. The number of ether oxygens (including phenoxy) is 1. The number of nitriles is 1. The average Bonchev–Trinajstić information content (AvgIpc) is 2.74. The van der Waals surface area contributed by atoms with Crippen LogP contribution >= 0.6 is 0 Å². The Balaban J connectivity index is 1.92. The lowest BCUT2D eigenvalue weighted by Gasteiger charge is -2.11. The fourth-order valence-corrected chi connectivity index (χ4v) is 3.04. The Bertz CT molecular complexity index is 1160. The quantitative estimate of drug-likeness (QED) is 0.462. The van der Waals surface area contributed by atoms with Crippen molar-refractivity contribution in [2.24, 2.45) is 0 Å². The van der Waals surface area contributed by atoms with Crippen LogP contribution in [0.5, 0.6) is 5.75 Å². The molecule has 2 amide bonds. The summed E-state index contributed by atoms with van der Waals surface area (Å²) >= 11 is 0. The van der Waals surface area contributed by atoms with E-state index in [1.165, 1.54) is 6.92 Å². The minimum absolute atomic E-state index is 0.0433. The predicted octanol–water partition coefficient (Wildman–Crippen LogP) is 4.74. The summed E-state index contributed by atoms with van der Waals surface area (Å²) < 4.78 is 5.71. The monoisotopic (exact) mass is 399 g/mol. The molecule has 0 aliphatic rings. The molecule has 3 aromatic rings. The lowest BCUT2D eigenvalue weighted by Crippen LogP contribution is -2.13. The second kappa shape index (κ2) is 9.39. The number of amides is 2. The Morgan fingerprint density at radius 1 is 1.00 bits per heavy atom. The smallest absolute Gasteiger partial charge is 0.266 e. The van der Waals surface area contributed by atoms with Crippen LogP contribution in [-0.4, -0.2) is 18.4 Å². The van der Waals surface area contributed by atoms with Crippen molar-refractivity contribution in [2.45, 2.75) is 13.8 Å². The molecule has 6 heteroatoms. The van der Waals surface area contributed by atoms with E-state index in [2.05, 4.69) is 10.6 Å². The van der Waals surface area contributed by atoms with Gasteiger partial charge in [0.2, 0.25) is 5.91 Å². The molecule has 3 rings (SSSR count). The Labute approximate surface area is 174 Å². The fraction of sp³-hybridized carbons (Fsp3) is 0.125. The van der Waals surface area contributed by atoms with Gasteiger partial charge in [0.15, 0.2) is 0 Å². The molecule has 0 aliphatic carbocycles. The van der Waals surface area contributed by atoms with Crippen LogP contribution in [0.3, 0.4) is 0 Å². The number of benzene rings is 3. The van der Waals surface area contributed by atoms with Gasteiger partial charge in [-0.1, -0.05) is 30.3 Å². The Morgan fingerprint density at radius 3 is 2.30 bits per heavy atom. The van der Waals surface area contributed by atoms with Crippen molar-refractivity contribution >= 4 is 40.0 Å². The predicted molar refractivity (Wildman–Crippen MR) is 118 cm³/mol. The van der Waals surface area contributed by atoms with Crippen molar-refractivity contribution in [1.29, 1.82) is 5.26 Å². The summed E-state index contributed by atoms with van der Waals surface area (Å²) in [6, 6.07) is 20.1. The summed E-state index contributed by atoms with van der Waals surface area (Å²) in [6.45, 7) is 3.77. The normalized spacial score (nSPS) is 10.9. The van der Waals surface area contributed by atoms with Crippen molar-refractivity contribution in [2.75, 3.05) is 17.2 Å². The van der Waals surface area contributed by atoms with E-state index >= 15 is 0 Å². The van der Waals surface area contributed by atoms with Gasteiger partial charge in [-0.2, -0.15) is 5.26 Å². The SMILES string of the molecule is CCOc1ccc2ccccc2c1/C=C(\C#N)C(=O)Nc1ccc(NC(C)=O)cc1. The molecule has 150 valence electrons. The van der Waals surface area contributed by atoms with Gasteiger partial charge in [0.1, 0.15) is 17.4 Å². The van der Waals surface area contributed by atoms with Gasteiger partial charge in [0.05, 0.1) is 6.61 Å². The lowest BCUT2D eigenvalue weighted by atomic mass is 10.0. The van der Waals surface area contributed by atoms with Crippen LogP contribution < -0.4 is 15.4 Å². The molecule has 0 spiro atoms. The number of anilines is 2. The number of carbonyl (C=O) groups excluding carboxylic acids is 2. The van der Waals surface area contributed by atoms with E-state index in [4.69, 9.17) is 4.74 Å². The third kappa shape index (κ3) is 4.83. The van der Waals surface area contributed by atoms with E-state index in [-0.39, 0.29) is 11.5 Å². The van der Waals surface area contributed by atoms with Gasteiger partial charge in [-0.15, -0.1) is 0 Å². The average molecular weight is 399 g/mol. The highest BCUT2D eigenvalue weighted by Crippen LogP contribution is 2.30. The first-order chi connectivity index (χ1) is 14.5. The van der Waals surface area contributed by atoms with E-state index in [1.807, 2.05) is 49.4 Å². The number of carbonyl (C=O) groups is 2. The Kier molecular flexibility index (Phi) is 6.46. The van der Waals surface area contributed by atoms with Gasteiger partial charge < -0.3 is 15.4 Å². The van der Waals surface area contributed by atoms with Gasteiger partial charge in [0, 0.05) is 23.9 Å². The molecule has 6 nitrogen and oxygen atoms in total. The number of nitrogens with zero attached hydrogens (tertiary/aromatic N) is 1. The molecule has 0 aliphatic heterocycles. The summed E-state index contributed by atoms with van der Waals surface area (Å²) in [4.78, 5) is 23.8. The molecule has 0 saturated heterocycles. The van der Waals surface area contributed by atoms with Crippen LogP contribution in [0.25, 0.3) is 16.8 Å². The molecule has 0 fully saturated rings. The number of hydrogen-bond donors (Lipinski definition) is 2. The van der Waals surface area contributed by atoms with E-state index in [1.54, 1.807) is 30.3 Å². The zero-order chi connectivity index (χ0) is 21.5. The molecule has 0 unspecified atom stereocenters. The summed E-state index contributed by atoms with van der Waals surface area (Å²) in [5.74, 6) is -0.0988. The molecule has 0 saturated carbocycles. The fourth-order valence-electron chi connectivity index (χ4n) is 3.04. The number of nitrogens with one attached hydrogen (secondary N) is 2. The van der Waals surface area contributed by atoms with Crippen molar-refractivity contribution in [3.05, 3.63) is 71.8 Å². The van der Waals surface area contributed by atoms with Crippen molar-refractivity contribution < 1.29 is 14.3 Å². The molecule has 0 radical (unpaired) electrons. The summed E-state index contributed by atoms with van der Waals surface area (Å²) in [5.41, 5.74) is 1.77. The highest BCUT2D eigenvalue weighted by Gasteiger charge is 2.13. The molecule has 30 heavy (non-hydrogen) atoms. The van der Waals surface area contributed by atoms with Crippen LogP contribution in [0.4, 0.5) is 11.4 Å². The number of fused-ring (bicyclic) bond motifs is 1. The first-order valence-electron chi connectivity index (χ1n) is 9.47. The second-order valence-corrected chi connectivity index (χ2v) is 6.51. The van der Waals surface area contributed by atoms with Gasteiger partial charge >= 0.3 is 0 Å². The number of rotatable bonds is 6. The van der Waals surface area contributed by atoms with Crippen LogP contribution in [0.2, 0.25) is 0 Å². The zero-order valence-corrected chi connectivity index (χ0v) is 16.7. The van der Waals surface area contributed by atoms with Gasteiger partial charge in [0.25, 0.3) is 5.91 Å². The summed E-state index contributed by atoms with van der Waals surface area (Å²) in [5, 5.41) is 16.8. The van der Waals surface area contributed by atoms with Crippen molar-refractivity contribution in [1.82, 2.24) is 0 Å². The second-order valence-electron chi connectivity index (χ2n) is 6.51. The minimum Gasteiger partial charge on any atom is -0.493 e. The maximum Gasteiger partial charge on any atom is 0.266 e. The molecule has 0 bridgehead atoms. The molecular weight excluding hydrogens is 378 g/mol. The largest absolute Gasteiger partial charge is 0.493 e. The van der Waals surface area contributed by atoms with Gasteiger partial charge in [-0.3, -0.25) is 9.59 Å². The summed E-state index contributed by atoms with van der Waals surface area (Å²) in [7, 11) is 0. The molecule has 2 N–H and O–H groups in total. The standard InChI is InChI=1S/C24H21N3O3/c1-3-30-23-13-8-17-6-4-5-7-21(17)22(23)14-18(15-25)24(29)27-20-11-9-19(10-12-20)26-16(2)28/h4-14H,3H2,1-2H3,(H,26,28)(H,27,29)/b18-14+. The molecule has 0 atom stereocenters. The van der Waals surface area contributed by atoms with Crippen molar-refractivity contribution in [3.8, 4) is 11.8 Å². The molecule has 0 aromatic heterocycles. The van der Waals surface area contributed by atoms with Crippen LogP contribution in [0, 0.1) is 11.3 Å². The summed E-state index contributed by atoms with van der Waals surface area (Å²) in [6.07, 6.45) is 1.55. The highest BCUT2D eigenvalue weighted by molar-refractivity contribution is 6.11. The Hall–Kier alpha value is -4.11. The maximum atomic E-state index is 12.7. The molecule has 3 aromatic carbocycles. The van der Waals surface area contributed by atoms with E-state index in [9.17, 15) is 14.9 Å². The Morgan fingerprint density at radius 2 is 1.67 bits per heavy atom. The first-order valence-corrected chi connectivity index (χ1v) is 9.47. The third-order valence-corrected chi connectivity index (χ3v) is 4.35. The third-order valence-electron chi connectivity index (χ3n) is 4.35. The highest BCUT2D eigenvalue weighted by atomic mass is 16.5. The molecular formula is C24H21N3O3. The van der Waals surface area contributed by atoms with Crippen LogP contribution in [0.1, 0.15) is 19.4 Å².